The molecule has 0 aliphatic carbocycles. The first-order chi connectivity index (χ1) is 10.8. The van der Waals surface area contributed by atoms with Crippen LogP contribution in [0.25, 0.3) is 0 Å². The van der Waals surface area contributed by atoms with Crippen LogP contribution in [0, 0.1) is 17.6 Å². The van der Waals surface area contributed by atoms with Crippen molar-refractivity contribution in [1.82, 2.24) is 10.6 Å². The van der Waals surface area contributed by atoms with Crippen LogP contribution in [-0.2, 0) is 4.74 Å². The third-order valence-corrected chi connectivity index (χ3v) is 3.04. The molecular weight excluding hydrogens is 306 g/mol. The number of hydrogen-bond donors (Lipinski definition) is 2. The van der Waals surface area contributed by atoms with Gasteiger partial charge in [-0.3, -0.25) is 4.79 Å². The van der Waals surface area contributed by atoms with Gasteiger partial charge in [0.2, 0.25) is 0 Å². The molecule has 0 saturated carbocycles. The number of ether oxygens (including phenoxy) is 1. The molecule has 128 valence electrons. The predicted molar refractivity (Wildman–Crippen MR) is 82.1 cm³/mol. The minimum absolute atomic E-state index is 0.118. The first-order valence-corrected chi connectivity index (χ1v) is 7.50. The number of amides is 2. The van der Waals surface area contributed by atoms with Crippen molar-refractivity contribution in [2.24, 2.45) is 5.92 Å². The summed E-state index contributed by atoms with van der Waals surface area (Å²) < 4.78 is 31.2. The lowest BCUT2D eigenvalue weighted by atomic mass is 10.0. The van der Waals surface area contributed by atoms with Gasteiger partial charge >= 0.3 is 6.09 Å². The fourth-order valence-electron chi connectivity index (χ4n) is 2.09. The molecule has 0 aliphatic heterocycles. The van der Waals surface area contributed by atoms with Gasteiger partial charge in [-0.1, -0.05) is 13.8 Å². The minimum atomic E-state index is -0.929. The Balaban J connectivity index is 2.65. The van der Waals surface area contributed by atoms with E-state index in [1.165, 1.54) is 0 Å². The van der Waals surface area contributed by atoms with Gasteiger partial charge in [-0.15, -0.1) is 0 Å². The Kier molecular flexibility index (Phi) is 7.44. The van der Waals surface area contributed by atoms with Gasteiger partial charge in [0.05, 0.1) is 12.2 Å². The van der Waals surface area contributed by atoms with Crippen LogP contribution in [-0.4, -0.2) is 31.2 Å². The highest BCUT2D eigenvalue weighted by Gasteiger charge is 2.18. The second-order valence-electron chi connectivity index (χ2n) is 5.53. The molecule has 5 nitrogen and oxygen atoms in total. The Labute approximate surface area is 134 Å². The zero-order chi connectivity index (χ0) is 17.4. The van der Waals surface area contributed by atoms with Crippen molar-refractivity contribution in [3.63, 3.8) is 0 Å². The molecule has 1 aromatic carbocycles. The largest absolute Gasteiger partial charge is 0.450 e. The lowest BCUT2D eigenvalue weighted by Gasteiger charge is -2.20. The Morgan fingerprint density at radius 1 is 1.26 bits per heavy atom. The van der Waals surface area contributed by atoms with Crippen molar-refractivity contribution in [2.75, 3.05) is 13.2 Å². The molecule has 1 atom stereocenters. The summed E-state index contributed by atoms with van der Waals surface area (Å²) in [5.41, 5.74) is -0.245. The number of carbonyl (C=O) groups excluding carboxylic acids is 2. The predicted octanol–water partition coefficient (Wildman–Crippen LogP) is 2.86. The molecule has 2 N–H and O–H groups in total. The van der Waals surface area contributed by atoms with E-state index >= 15 is 0 Å². The molecule has 0 spiro atoms. The lowest BCUT2D eigenvalue weighted by Crippen LogP contribution is -2.44. The Morgan fingerprint density at radius 2 is 1.96 bits per heavy atom. The van der Waals surface area contributed by atoms with Crippen molar-refractivity contribution in [3.8, 4) is 0 Å². The van der Waals surface area contributed by atoms with Crippen molar-refractivity contribution in [3.05, 3.63) is 35.4 Å². The second-order valence-corrected chi connectivity index (χ2v) is 5.53. The van der Waals surface area contributed by atoms with Gasteiger partial charge in [0, 0.05) is 18.7 Å². The maximum Gasteiger partial charge on any atom is 0.407 e. The molecule has 23 heavy (non-hydrogen) atoms. The molecule has 1 aromatic rings. The van der Waals surface area contributed by atoms with Gasteiger partial charge in [-0.2, -0.15) is 0 Å². The van der Waals surface area contributed by atoms with E-state index < -0.39 is 23.6 Å². The van der Waals surface area contributed by atoms with Crippen LogP contribution in [0.4, 0.5) is 13.6 Å². The van der Waals surface area contributed by atoms with E-state index in [9.17, 15) is 18.4 Å². The molecule has 0 radical (unpaired) electrons. The summed E-state index contributed by atoms with van der Waals surface area (Å²) in [6.07, 6.45) is 0.0470. The molecule has 2 amide bonds. The lowest BCUT2D eigenvalue weighted by molar-refractivity contribution is 0.0940. The SMILES string of the molecule is CCOC(=O)N[C@@H](CNC(=O)c1ccc(F)cc1F)CC(C)C. The molecule has 0 unspecified atom stereocenters. The quantitative estimate of drug-likeness (QED) is 0.809. The van der Waals surface area contributed by atoms with Crippen LogP contribution in [0.15, 0.2) is 18.2 Å². The first-order valence-electron chi connectivity index (χ1n) is 7.50. The summed E-state index contributed by atoms with van der Waals surface area (Å²) in [7, 11) is 0. The third-order valence-electron chi connectivity index (χ3n) is 3.04. The highest BCUT2D eigenvalue weighted by atomic mass is 19.1. The molecule has 0 bridgehead atoms. The number of nitrogens with one attached hydrogen (secondary N) is 2. The fraction of sp³-hybridized carbons (Fsp3) is 0.500. The topological polar surface area (TPSA) is 67.4 Å². The summed E-state index contributed by atoms with van der Waals surface area (Å²) in [5, 5.41) is 5.19. The molecule has 0 aliphatic rings. The summed E-state index contributed by atoms with van der Waals surface area (Å²) in [4.78, 5) is 23.5. The average molecular weight is 328 g/mol. The van der Waals surface area contributed by atoms with Crippen LogP contribution in [0.3, 0.4) is 0 Å². The first kappa shape index (κ1) is 18.9. The smallest absolute Gasteiger partial charge is 0.407 e. The van der Waals surface area contributed by atoms with Crippen LogP contribution in [0.2, 0.25) is 0 Å². The monoisotopic (exact) mass is 328 g/mol. The van der Waals surface area contributed by atoms with E-state index in [4.69, 9.17) is 4.74 Å². The van der Waals surface area contributed by atoms with Gasteiger partial charge in [-0.25, -0.2) is 13.6 Å². The van der Waals surface area contributed by atoms with Gasteiger partial charge in [0.15, 0.2) is 0 Å². The highest BCUT2D eigenvalue weighted by molar-refractivity contribution is 5.94. The van der Waals surface area contributed by atoms with E-state index in [-0.39, 0.29) is 30.7 Å². The summed E-state index contributed by atoms with van der Waals surface area (Å²) >= 11 is 0. The summed E-state index contributed by atoms with van der Waals surface area (Å²) in [5.74, 6) is -2.06. The molecule has 0 heterocycles. The normalized spacial score (nSPS) is 11.9. The fourth-order valence-corrected chi connectivity index (χ4v) is 2.09. The highest BCUT2D eigenvalue weighted by Crippen LogP contribution is 2.10. The van der Waals surface area contributed by atoms with E-state index in [2.05, 4.69) is 10.6 Å². The molecule has 1 rings (SSSR count). The van der Waals surface area contributed by atoms with E-state index in [1.54, 1.807) is 6.92 Å². The van der Waals surface area contributed by atoms with Gasteiger partial charge in [-0.05, 0) is 31.4 Å². The van der Waals surface area contributed by atoms with Crippen LogP contribution < -0.4 is 10.6 Å². The van der Waals surface area contributed by atoms with E-state index in [0.29, 0.717) is 12.5 Å². The number of halogens is 2. The van der Waals surface area contributed by atoms with Gasteiger partial charge in [0.25, 0.3) is 5.91 Å². The number of carbonyl (C=O) groups is 2. The van der Waals surface area contributed by atoms with Crippen LogP contribution >= 0.6 is 0 Å². The Hall–Kier alpha value is -2.18. The van der Waals surface area contributed by atoms with Crippen LogP contribution in [0.1, 0.15) is 37.6 Å². The van der Waals surface area contributed by atoms with Crippen LogP contribution in [0.5, 0.6) is 0 Å². The Bertz CT molecular complexity index is 550. The summed E-state index contributed by atoms with van der Waals surface area (Å²) in [6.45, 7) is 6.00. The second kappa shape index (κ2) is 9.07. The molecule has 7 heteroatoms. The molecule has 0 aromatic heterocycles. The van der Waals surface area contributed by atoms with Crippen molar-refractivity contribution in [1.29, 1.82) is 0 Å². The van der Waals surface area contributed by atoms with Crippen molar-refractivity contribution >= 4 is 12.0 Å². The molecule has 0 saturated heterocycles. The average Bonchev–Trinajstić information content (AvgIpc) is 2.44. The number of rotatable bonds is 7. The minimum Gasteiger partial charge on any atom is -0.450 e. The zero-order valence-corrected chi connectivity index (χ0v) is 13.5. The van der Waals surface area contributed by atoms with Crippen molar-refractivity contribution in [2.45, 2.75) is 33.2 Å². The van der Waals surface area contributed by atoms with E-state index in [1.807, 2.05) is 13.8 Å². The number of benzene rings is 1. The maximum atomic E-state index is 13.6. The van der Waals surface area contributed by atoms with Gasteiger partial charge < -0.3 is 15.4 Å². The number of hydrogen-bond acceptors (Lipinski definition) is 3. The third kappa shape index (κ3) is 6.63. The maximum absolute atomic E-state index is 13.6. The van der Waals surface area contributed by atoms with Crippen molar-refractivity contribution < 1.29 is 23.1 Å². The molecule has 0 fully saturated rings. The Morgan fingerprint density at radius 3 is 2.52 bits per heavy atom. The number of alkyl carbamates (subject to hydrolysis) is 1. The van der Waals surface area contributed by atoms with Gasteiger partial charge in [0.1, 0.15) is 11.6 Å². The zero-order valence-electron chi connectivity index (χ0n) is 13.5. The molecular formula is C16H22F2N2O3. The standard InChI is InChI=1S/C16H22F2N2O3/c1-4-23-16(22)20-12(7-10(2)3)9-19-15(21)13-6-5-11(17)8-14(13)18/h5-6,8,10,12H,4,7,9H2,1-3H3,(H,19,21)(H,20,22)/t12-/m1/s1. The summed E-state index contributed by atoms with van der Waals surface area (Å²) in [6, 6.07) is 2.40. The van der Waals surface area contributed by atoms with E-state index in [0.717, 1.165) is 12.1 Å².